The predicted octanol–water partition coefficient (Wildman–Crippen LogP) is 5.09. The molecule has 2 heterocycles. The maximum absolute atomic E-state index is 6.13. The average molecular weight is 423 g/mol. The summed E-state index contributed by atoms with van der Waals surface area (Å²) in [7, 11) is 0. The van der Waals surface area contributed by atoms with Gasteiger partial charge in [0.25, 0.3) is 0 Å². The van der Waals surface area contributed by atoms with Crippen molar-refractivity contribution in [3.8, 4) is 5.75 Å². The number of hydrogen-bond acceptors (Lipinski definition) is 4. The zero-order chi connectivity index (χ0) is 21.8. The molecule has 4 nitrogen and oxygen atoms in total. The van der Waals surface area contributed by atoms with Gasteiger partial charge in [-0.05, 0) is 47.6 Å². The van der Waals surface area contributed by atoms with Crippen LogP contribution in [0.4, 0.5) is 0 Å². The van der Waals surface area contributed by atoms with Gasteiger partial charge < -0.3 is 18.9 Å². The summed E-state index contributed by atoms with van der Waals surface area (Å²) in [6, 6.07) is 6.54. The fraction of sp³-hybridized carbons (Fsp3) is 0.481. The van der Waals surface area contributed by atoms with Gasteiger partial charge in [0.1, 0.15) is 24.6 Å². The highest BCUT2D eigenvalue weighted by Gasteiger charge is 2.31. The molecule has 0 N–H and O–H groups in total. The molecule has 31 heavy (non-hydrogen) atoms. The van der Waals surface area contributed by atoms with E-state index >= 15 is 0 Å². The van der Waals surface area contributed by atoms with Gasteiger partial charge in [0.15, 0.2) is 0 Å². The van der Waals surface area contributed by atoms with E-state index in [2.05, 4.69) is 57.4 Å². The van der Waals surface area contributed by atoms with Crippen molar-refractivity contribution in [2.45, 2.75) is 56.8 Å². The van der Waals surface area contributed by atoms with Gasteiger partial charge in [-0.15, -0.1) is 13.2 Å². The van der Waals surface area contributed by atoms with Crippen molar-refractivity contribution in [2.24, 2.45) is 0 Å². The molecule has 3 atom stereocenters. The Kier molecular flexibility index (Phi) is 6.80. The fourth-order valence-corrected chi connectivity index (χ4v) is 4.03. The summed E-state index contributed by atoms with van der Waals surface area (Å²) in [5.41, 5.74) is 4.91. The van der Waals surface area contributed by atoms with E-state index in [-0.39, 0.29) is 23.7 Å². The molecule has 1 aliphatic carbocycles. The first-order valence-corrected chi connectivity index (χ1v) is 11.2. The van der Waals surface area contributed by atoms with Crippen LogP contribution in [-0.4, -0.2) is 44.7 Å². The molecular weight excluding hydrogens is 388 g/mol. The number of ether oxygens (including phenoxy) is 4. The first-order chi connectivity index (χ1) is 15.0. The number of epoxide rings is 2. The van der Waals surface area contributed by atoms with Crippen LogP contribution in [0.5, 0.6) is 5.75 Å². The lowest BCUT2D eigenvalue weighted by Gasteiger charge is -2.33. The van der Waals surface area contributed by atoms with E-state index in [1.807, 2.05) is 12.2 Å². The van der Waals surface area contributed by atoms with Crippen LogP contribution >= 0.6 is 0 Å². The van der Waals surface area contributed by atoms with Crippen molar-refractivity contribution in [2.75, 3.05) is 26.4 Å². The lowest BCUT2D eigenvalue weighted by atomic mass is 9.73. The Morgan fingerprint density at radius 3 is 2.45 bits per heavy atom. The molecule has 3 unspecified atom stereocenters. The van der Waals surface area contributed by atoms with Crippen molar-refractivity contribution in [3.05, 3.63) is 77.9 Å². The Morgan fingerprint density at radius 1 is 1.06 bits per heavy atom. The summed E-state index contributed by atoms with van der Waals surface area (Å²) in [4.78, 5) is 0. The lowest BCUT2D eigenvalue weighted by molar-refractivity contribution is 0.0645. The van der Waals surface area contributed by atoms with Crippen molar-refractivity contribution >= 4 is 0 Å². The minimum absolute atomic E-state index is 0.110. The second-order valence-corrected chi connectivity index (χ2v) is 9.09. The molecule has 4 heteroatoms. The molecule has 2 saturated heterocycles. The van der Waals surface area contributed by atoms with Gasteiger partial charge in [0.2, 0.25) is 0 Å². The molecule has 2 fully saturated rings. The minimum Gasteiger partial charge on any atom is -0.490 e. The standard InChI is InChI=1S/C27H34O4/c1-5-7-19-13-21(9-11-25(19)30-17-23-15-28-23)27(3,4)22-10-12-26(20(14-22)8-6-2)31-18-24-16-29-24/h5-6,9-11,13-14,23-24,26H,1-2,7-8,12,15-18H2,3-4H3. The molecule has 166 valence electrons. The van der Waals surface area contributed by atoms with Gasteiger partial charge in [0.05, 0.1) is 25.9 Å². The van der Waals surface area contributed by atoms with Gasteiger partial charge in [0, 0.05) is 5.41 Å². The summed E-state index contributed by atoms with van der Waals surface area (Å²) in [6.07, 6.45) is 11.7. The van der Waals surface area contributed by atoms with E-state index in [1.165, 1.54) is 22.3 Å². The van der Waals surface area contributed by atoms with E-state index in [0.29, 0.717) is 13.2 Å². The third-order valence-electron chi connectivity index (χ3n) is 6.27. The van der Waals surface area contributed by atoms with Crippen LogP contribution in [0, 0.1) is 0 Å². The zero-order valence-electron chi connectivity index (χ0n) is 18.8. The monoisotopic (exact) mass is 422 g/mol. The first kappa shape index (κ1) is 22.1. The maximum Gasteiger partial charge on any atom is 0.122 e. The van der Waals surface area contributed by atoms with Crippen molar-refractivity contribution < 1.29 is 18.9 Å². The minimum atomic E-state index is -0.134. The van der Waals surface area contributed by atoms with Crippen LogP contribution in [-0.2, 0) is 26.0 Å². The summed E-state index contributed by atoms with van der Waals surface area (Å²) >= 11 is 0. The number of benzene rings is 1. The molecule has 0 amide bonds. The summed E-state index contributed by atoms with van der Waals surface area (Å²) in [6.45, 7) is 15.3. The van der Waals surface area contributed by atoms with Gasteiger partial charge in [-0.2, -0.15) is 0 Å². The normalized spacial score (nSPS) is 24.8. The third kappa shape index (κ3) is 5.57. The zero-order valence-corrected chi connectivity index (χ0v) is 18.8. The Bertz CT molecular complexity index is 871. The highest BCUT2D eigenvalue weighted by atomic mass is 16.6. The van der Waals surface area contributed by atoms with Crippen LogP contribution in [0.25, 0.3) is 0 Å². The molecule has 0 radical (unpaired) electrons. The van der Waals surface area contributed by atoms with Gasteiger partial charge in [-0.1, -0.05) is 50.3 Å². The Labute approximate surface area is 186 Å². The van der Waals surface area contributed by atoms with Gasteiger partial charge in [-0.3, -0.25) is 0 Å². The lowest BCUT2D eigenvalue weighted by Crippen LogP contribution is -2.26. The van der Waals surface area contributed by atoms with Crippen molar-refractivity contribution in [3.63, 3.8) is 0 Å². The van der Waals surface area contributed by atoms with E-state index in [1.54, 1.807) is 0 Å². The highest BCUT2D eigenvalue weighted by molar-refractivity contribution is 5.48. The smallest absolute Gasteiger partial charge is 0.122 e. The van der Waals surface area contributed by atoms with Crippen LogP contribution in [0.1, 0.15) is 37.8 Å². The molecule has 3 aliphatic rings. The predicted molar refractivity (Wildman–Crippen MR) is 124 cm³/mol. The number of hydrogen-bond donors (Lipinski definition) is 0. The van der Waals surface area contributed by atoms with Crippen LogP contribution in [0.15, 0.2) is 66.8 Å². The van der Waals surface area contributed by atoms with Crippen LogP contribution < -0.4 is 4.74 Å². The van der Waals surface area contributed by atoms with Crippen LogP contribution in [0.2, 0.25) is 0 Å². The van der Waals surface area contributed by atoms with E-state index < -0.39 is 0 Å². The molecule has 2 aliphatic heterocycles. The highest BCUT2D eigenvalue weighted by Crippen LogP contribution is 2.39. The summed E-state index contributed by atoms with van der Waals surface area (Å²) in [5, 5.41) is 0. The Hall–Kier alpha value is -2.14. The summed E-state index contributed by atoms with van der Waals surface area (Å²) in [5.74, 6) is 0.922. The van der Waals surface area contributed by atoms with Crippen LogP contribution in [0.3, 0.4) is 0 Å². The fourth-order valence-electron chi connectivity index (χ4n) is 4.03. The number of allylic oxidation sites excluding steroid dienone is 4. The molecule has 0 aromatic heterocycles. The second-order valence-electron chi connectivity index (χ2n) is 9.09. The second kappa shape index (κ2) is 9.56. The molecule has 0 bridgehead atoms. The van der Waals surface area contributed by atoms with E-state index in [9.17, 15) is 0 Å². The molecule has 1 aromatic rings. The maximum atomic E-state index is 6.13. The SMILES string of the molecule is C=CCC1=CC(C(C)(C)c2ccc(OCC3CO3)c(CC=C)c2)=CCC1OCC1CO1. The third-order valence-corrected chi connectivity index (χ3v) is 6.27. The topological polar surface area (TPSA) is 43.5 Å². The van der Waals surface area contributed by atoms with Gasteiger partial charge in [-0.25, -0.2) is 0 Å². The summed E-state index contributed by atoms with van der Waals surface area (Å²) < 4.78 is 22.7. The Balaban J connectivity index is 1.53. The molecule has 0 spiro atoms. The number of rotatable bonds is 12. The molecule has 4 rings (SSSR count). The molecule has 0 saturated carbocycles. The van der Waals surface area contributed by atoms with E-state index in [4.69, 9.17) is 18.9 Å². The molecular formula is C27H34O4. The average Bonchev–Trinajstić information content (AvgIpc) is 3.67. The van der Waals surface area contributed by atoms with Crippen molar-refractivity contribution in [1.82, 2.24) is 0 Å². The van der Waals surface area contributed by atoms with Crippen molar-refractivity contribution in [1.29, 1.82) is 0 Å². The largest absolute Gasteiger partial charge is 0.490 e. The first-order valence-electron chi connectivity index (χ1n) is 11.2. The molecule has 1 aromatic carbocycles. The quantitative estimate of drug-likeness (QED) is 0.348. The Morgan fingerprint density at radius 2 is 1.77 bits per heavy atom. The van der Waals surface area contributed by atoms with E-state index in [0.717, 1.165) is 38.2 Å². The van der Waals surface area contributed by atoms with Gasteiger partial charge >= 0.3 is 0 Å².